The van der Waals surface area contributed by atoms with Crippen LogP contribution in [-0.4, -0.2) is 40.1 Å². The number of hydrogen-bond acceptors (Lipinski definition) is 4. The molecule has 2 heterocycles. The maximum absolute atomic E-state index is 13.2. The molecule has 0 aliphatic carbocycles. The van der Waals surface area contributed by atoms with Gasteiger partial charge >= 0.3 is 5.97 Å². The minimum absolute atomic E-state index is 0.221. The molecule has 7 heteroatoms. The Hall–Kier alpha value is -2.96. The lowest BCUT2D eigenvalue weighted by Crippen LogP contribution is -2.37. The summed E-state index contributed by atoms with van der Waals surface area (Å²) in [5.41, 5.74) is 1.49. The second kappa shape index (κ2) is 6.74. The summed E-state index contributed by atoms with van der Waals surface area (Å²) in [6.45, 7) is 6.17. The van der Waals surface area contributed by atoms with E-state index in [-0.39, 0.29) is 18.1 Å². The molecular formula is C19H20FN3O3. The summed E-state index contributed by atoms with van der Waals surface area (Å²) < 4.78 is 18.3. The van der Waals surface area contributed by atoms with Gasteiger partial charge in [0.1, 0.15) is 5.82 Å². The fraction of sp³-hybridized carbons (Fsp3) is 0.316. The Morgan fingerprint density at radius 1 is 1.31 bits per heavy atom. The lowest BCUT2D eigenvalue weighted by Gasteiger charge is -2.28. The molecular weight excluding hydrogens is 337 g/mol. The monoisotopic (exact) mass is 357 g/mol. The van der Waals surface area contributed by atoms with Crippen LogP contribution in [0.3, 0.4) is 0 Å². The summed E-state index contributed by atoms with van der Waals surface area (Å²) in [5, 5.41) is 6.99. The zero-order valence-electron chi connectivity index (χ0n) is 14.9. The van der Waals surface area contributed by atoms with E-state index >= 15 is 0 Å². The van der Waals surface area contributed by atoms with Gasteiger partial charge in [0.05, 0.1) is 24.1 Å². The van der Waals surface area contributed by atoms with Crippen molar-refractivity contribution in [2.45, 2.75) is 26.2 Å². The van der Waals surface area contributed by atoms with E-state index in [9.17, 15) is 14.0 Å². The number of ether oxygens (including phenoxy) is 1. The van der Waals surface area contributed by atoms with E-state index in [2.05, 4.69) is 10.2 Å². The minimum atomic E-state index is -0.523. The van der Waals surface area contributed by atoms with Gasteiger partial charge in [-0.1, -0.05) is 13.8 Å². The van der Waals surface area contributed by atoms with Gasteiger partial charge in [0.15, 0.2) is 0 Å². The van der Waals surface area contributed by atoms with E-state index in [0.717, 1.165) is 5.69 Å². The number of rotatable bonds is 3. The van der Waals surface area contributed by atoms with E-state index in [0.29, 0.717) is 17.7 Å². The van der Waals surface area contributed by atoms with E-state index < -0.39 is 17.2 Å². The lowest BCUT2D eigenvalue weighted by atomic mass is 9.86. The quantitative estimate of drug-likeness (QED) is 0.857. The molecule has 0 atom stereocenters. The Balaban J connectivity index is 2.06. The average molecular weight is 357 g/mol. The Kier molecular flexibility index (Phi) is 4.63. The zero-order valence-corrected chi connectivity index (χ0v) is 14.9. The molecule has 1 amide bonds. The molecule has 0 bridgehead atoms. The molecule has 6 nitrogen and oxygen atoms in total. The van der Waals surface area contributed by atoms with Gasteiger partial charge in [-0.15, -0.1) is 0 Å². The number of hydrogen-bond donors (Lipinski definition) is 1. The van der Waals surface area contributed by atoms with Crippen molar-refractivity contribution in [1.82, 2.24) is 15.1 Å². The number of nitrogens with zero attached hydrogens (tertiary/aromatic N) is 2. The number of esters is 1. The summed E-state index contributed by atoms with van der Waals surface area (Å²) in [6, 6.07) is 5.32. The number of benzene rings is 1. The zero-order chi connectivity index (χ0) is 18.9. The Morgan fingerprint density at radius 3 is 2.65 bits per heavy atom. The van der Waals surface area contributed by atoms with Crippen molar-refractivity contribution >= 4 is 17.4 Å². The first-order chi connectivity index (χ1) is 12.3. The van der Waals surface area contributed by atoms with Crippen LogP contribution in [0.4, 0.5) is 4.39 Å². The van der Waals surface area contributed by atoms with E-state index in [1.54, 1.807) is 13.1 Å². The fourth-order valence-electron chi connectivity index (χ4n) is 3.04. The number of H-pyrrole nitrogens is 1. The normalized spacial score (nSPS) is 15.7. The maximum Gasteiger partial charge on any atom is 0.340 e. The first kappa shape index (κ1) is 17.8. The van der Waals surface area contributed by atoms with Crippen LogP contribution in [-0.2, 0) is 14.9 Å². The van der Waals surface area contributed by atoms with Crippen LogP contribution in [0.25, 0.3) is 5.57 Å². The van der Waals surface area contributed by atoms with Crippen molar-refractivity contribution in [3.05, 3.63) is 59.3 Å². The molecule has 0 radical (unpaired) electrons. The predicted molar refractivity (Wildman–Crippen MR) is 93.7 cm³/mol. The van der Waals surface area contributed by atoms with Gasteiger partial charge in [-0.25, -0.2) is 9.18 Å². The third-order valence-corrected chi connectivity index (χ3v) is 4.30. The van der Waals surface area contributed by atoms with Crippen LogP contribution >= 0.6 is 0 Å². The van der Waals surface area contributed by atoms with Crippen molar-refractivity contribution in [1.29, 1.82) is 0 Å². The summed E-state index contributed by atoms with van der Waals surface area (Å²) in [7, 11) is 0. The van der Waals surface area contributed by atoms with Crippen molar-refractivity contribution in [2.75, 3.05) is 13.2 Å². The first-order valence-corrected chi connectivity index (χ1v) is 8.33. The van der Waals surface area contributed by atoms with Gasteiger partial charge in [-0.2, -0.15) is 5.10 Å². The predicted octanol–water partition coefficient (Wildman–Crippen LogP) is 2.89. The number of halogens is 1. The Labute approximate surface area is 150 Å². The second-order valence-corrected chi connectivity index (χ2v) is 6.75. The molecule has 0 saturated carbocycles. The van der Waals surface area contributed by atoms with Gasteiger partial charge in [-0.05, 0) is 31.2 Å². The average Bonchev–Trinajstić information content (AvgIpc) is 3.05. The number of aromatic amines is 1. The third kappa shape index (κ3) is 3.24. The molecule has 0 unspecified atom stereocenters. The van der Waals surface area contributed by atoms with Crippen molar-refractivity contribution in [3.63, 3.8) is 0 Å². The molecule has 1 aliphatic rings. The molecule has 1 N–H and O–H groups in total. The summed E-state index contributed by atoms with van der Waals surface area (Å²) in [4.78, 5) is 26.8. The largest absolute Gasteiger partial charge is 0.462 e. The van der Waals surface area contributed by atoms with E-state index in [1.807, 2.05) is 13.8 Å². The molecule has 136 valence electrons. The molecule has 26 heavy (non-hydrogen) atoms. The van der Waals surface area contributed by atoms with E-state index in [4.69, 9.17) is 4.74 Å². The van der Waals surface area contributed by atoms with Crippen LogP contribution < -0.4 is 0 Å². The Morgan fingerprint density at radius 2 is 2.00 bits per heavy atom. The first-order valence-electron chi connectivity index (χ1n) is 8.33. The van der Waals surface area contributed by atoms with Gasteiger partial charge in [0, 0.05) is 29.3 Å². The highest BCUT2D eigenvalue weighted by Crippen LogP contribution is 2.34. The highest BCUT2D eigenvalue weighted by atomic mass is 19.1. The molecule has 1 aliphatic heterocycles. The van der Waals surface area contributed by atoms with Crippen molar-refractivity contribution in [3.8, 4) is 0 Å². The highest BCUT2D eigenvalue weighted by molar-refractivity contribution is 6.17. The molecule has 0 spiro atoms. The molecule has 1 aromatic heterocycles. The van der Waals surface area contributed by atoms with Crippen LogP contribution in [0.2, 0.25) is 0 Å². The number of carbonyl (C=O) groups excluding carboxylic acids is 2. The number of carbonyl (C=O) groups is 2. The Bertz CT molecular complexity index is 868. The van der Waals surface area contributed by atoms with Crippen molar-refractivity contribution < 1.29 is 18.7 Å². The molecule has 3 rings (SSSR count). The fourth-order valence-corrected chi connectivity index (χ4v) is 3.04. The minimum Gasteiger partial charge on any atom is -0.462 e. The summed E-state index contributed by atoms with van der Waals surface area (Å²) >= 11 is 0. The third-order valence-electron chi connectivity index (χ3n) is 4.30. The second-order valence-electron chi connectivity index (χ2n) is 6.75. The standard InChI is InChI=1S/C19H20FN3O3/c1-4-26-18(25)15-10-23(17(24)12-5-7-13(20)8-6-12)11-19(2,3)16-14(15)9-21-22-16/h5-10H,4,11H2,1-3H3,(H,21,22). The van der Waals surface area contributed by atoms with Gasteiger partial charge in [-0.3, -0.25) is 9.89 Å². The smallest absolute Gasteiger partial charge is 0.340 e. The molecule has 1 aromatic carbocycles. The highest BCUT2D eigenvalue weighted by Gasteiger charge is 2.36. The van der Waals surface area contributed by atoms with Gasteiger partial charge in [0.2, 0.25) is 0 Å². The topological polar surface area (TPSA) is 75.3 Å². The van der Waals surface area contributed by atoms with Crippen LogP contribution in [0.15, 0.2) is 36.7 Å². The van der Waals surface area contributed by atoms with Gasteiger partial charge < -0.3 is 9.64 Å². The molecule has 0 saturated heterocycles. The summed E-state index contributed by atoms with van der Waals surface area (Å²) in [6.07, 6.45) is 3.05. The van der Waals surface area contributed by atoms with Crippen LogP contribution in [0.5, 0.6) is 0 Å². The van der Waals surface area contributed by atoms with Gasteiger partial charge in [0.25, 0.3) is 5.91 Å². The maximum atomic E-state index is 13.2. The number of aromatic nitrogens is 2. The SMILES string of the molecule is CCOC(=O)C1=CN(C(=O)c2ccc(F)cc2)CC(C)(C)c2[nH]ncc21. The van der Waals surface area contributed by atoms with E-state index in [1.165, 1.54) is 35.4 Å². The van der Waals surface area contributed by atoms with Crippen LogP contribution in [0.1, 0.15) is 42.4 Å². The van der Waals surface area contributed by atoms with Crippen molar-refractivity contribution in [2.24, 2.45) is 0 Å². The number of amides is 1. The lowest BCUT2D eigenvalue weighted by molar-refractivity contribution is -0.136. The van der Waals surface area contributed by atoms with Crippen LogP contribution in [0, 0.1) is 5.82 Å². The summed E-state index contributed by atoms with van der Waals surface area (Å²) in [5.74, 6) is -1.26. The molecule has 2 aromatic rings. The number of nitrogens with one attached hydrogen (secondary N) is 1. The molecule has 0 fully saturated rings. The number of fused-ring (bicyclic) bond motifs is 1.